The van der Waals surface area contributed by atoms with Crippen LogP contribution >= 0.6 is 0 Å². The molecule has 0 aromatic rings. The van der Waals surface area contributed by atoms with E-state index in [0.717, 1.165) is 0 Å². The molecule has 0 spiro atoms. The summed E-state index contributed by atoms with van der Waals surface area (Å²) < 4.78 is 13.9. The second-order valence-electron chi connectivity index (χ2n) is 2.67. The van der Waals surface area contributed by atoms with Crippen molar-refractivity contribution in [1.82, 2.24) is 0 Å². The van der Waals surface area contributed by atoms with Crippen LogP contribution in [-0.4, -0.2) is 55.0 Å². The van der Waals surface area contributed by atoms with Gasteiger partial charge in [0, 0.05) is 7.11 Å². The van der Waals surface area contributed by atoms with E-state index in [1.54, 1.807) is 0 Å². The van der Waals surface area contributed by atoms with Crippen LogP contribution in [0.15, 0.2) is 0 Å². The first-order chi connectivity index (χ1) is 6.11. The maximum absolute atomic E-state index is 11.0. The van der Waals surface area contributed by atoms with Crippen LogP contribution in [0.2, 0.25) is 0 Å². The molecule has 6 heteroatoms. The fraction of sp³-hybridized carbons (Fsp3) is 0.857. The lowest BCUT2D eigenvalue weighted by Crippen LogP contribution is -2.37. The predicted molar refractivity (Wildman–Crippen MR) is 39.7 cm³/mol. The number of hydrogen-bond acceptors (Lipinski definition) is 6. The first kappa shape index (κ1) is 10.4. The summed E-state index contributed by atoms with van der Waals surface area (Å²) in [4.78, 5) is 11.0. The Morgan fingerprint density at radius 2 is 1.92 bits per heavy atom. The Balaban J connectivity index is 2.65. The molecule has 0 saturated carbocycles. The van der Waals surface area contributed by atoms with Gasteiger partial charge in [0.1, 0.15) is 12.2 Å². The van der Waals surface area contributed by atoms with Gasteiger partial charge in [-0.05, 0) is 0 Å². The van der Waals surface area contributed by atoms with Gasteiger partial charge in [-0.15, -0.1) is 0 Å². The smallest absolute Gasteiger partial charge is 0.337 e. The van der Waals surface area contributed by atoms with Crippen molar-refractivity contribution in [2.75, 3.05) is 14.2 Å². The van der Waals surface area contributed by atoms with Gasteiger partial charge in [-0.3, -0.25) is 0 Å². The molecular weight excluding hydrogens is 180 g/mol. The van der Waals surface area contributed by atoms with Crippen molar-refractivity contribution in [2.24, 2.45) is 0 Å². The zero-order valence-electron chi connectivity index (χ0n) is 7.34. The Morgan fingerprint density at radius 3 is 2.31 bits per heavy atom. The molecule has 1 aliphatic heterocycles. The Morgan fingerprint density at radius 1 is 1.31 bits per heavy atom. The van der Waals surface area contributed by atoms with Gasteiger partial charge in [0.15, 0.2) is 12.4 Å². The Bertz CT molecular complexity index is 193. The molecule has 0 bridgehead atoms. The summed E-state index contributed by atoms with van der Waals surface area (Å²) in [5.41, 5.74) is 0. The molecule has 1 heterocycles. The number of methoxy groups -OCH3 is 2. The van der Waals surface area contributed by atoms with Crippen molar-refractivity contribution in [3.8, 4) is 0 Å². The molecule has 1 aliphatic rings. The van der Waals surface area contributed by atoms with Crippen molar-refractivity contribution in [3.05, 3.63) is 0 Å². The number of aliphatic hydroxyl groups is 2. The summed E-state index contributed by atoms with van der Waals surface area (Å²) in [6.45, 7) is 0. The SMILES string of the molecule is COC(=O)[C@H]1O[C@@H](OC)[C@H](O)[C@H]1O. The maximum atomic E-state index is 11.0. The van der Waals surface area contributed by atoms with E-state index in [1.807, 2.05) is 0 Å². The van der Waals surface area contributed by atoms with E-state index in [0.29, 0.717) is 0 Å². The molecule has 0 aromatic heterocycles. The molecule has 0 aromatic carbocycles. The van der Waals surface area contributed by atoms with Crippen molar-refractivity contribution in [3.63, 3.8) is 0 Å². The highest BCUT2D eigenvalue weighted by molar-refractivity contribution is 5.75. The van der Waals surface area contributed by atoms with E-state index in [2.05, 4.69) is 9.47 Å². The Kier molecular flexibility index (Phi) is 3.21. The lowest BCUT2D eigenvalue weighted by molar-refractivity contribution is -0.174. The summed E-state index contributed by atoms with van der Waals surface area (Å²) >= 11 is 0. The lowest BCUT2D eigenvalue weighted by Gasteiger charge is -2.11. The highest BCUT2D eigenvalue weighted by atomic mass is 16.7. The Hall–Kier alpha value is -0.690. The minimum absolute atomic E-state index is 0.730. The number of rotatable bonds is 2. The van der Waals surface area contributed by atoms with Gasteiger partial charge in [-0.2, -0.15) is 0 Å². The van der Waals surface area contributed by atoms with E-state index < -0.39 is 30.6 Å². The van der Waals surface area contributed by atoms with Crippen LogP contribution in [0.4, 0.5) is 0 Å². The number of ether oxygens (including phenoxy) is 3. The zero-order chi connectivity index (χ0) is 10.0. The van der Waals surface area contributed by atoms with E-state index in [4.69, 9.17) is 4.74 Å². The molecule has 4 atom stereocenters. The van der Waals surface area contributed by atoms with Crippen molar-refractivity contribution < 1.29 is 29.2 Å². The first-order valence-electron chi connectivity index (χ1n) is 3.74. The summed E-state index contributed by atoms with van der Waals surface area (Å²) in [6, 6.07) is 0. The topological polar surface area (TPSA) is 85.2 Å². The zero-order valence-corrected chi connectivity index (χ0v) is 7.34. The van der Waals surface area contributed by atoms with Gasteiger partial charge in [0.25, 0.3) is 0 Å². The second kappa shape index (κ2) is 4.01. The number of carbonyl (C=O) groups is 1. The molecule has 1 rings (SSSR count). The van der Waals surface area contributed by atoms with Gasteiger partial charge in [-0.1, -0.05) is 0 Å². The predicted octanol–water partition coefficient (Wildman–Crippen LogP) is -1.75. The molecule has 0 aliphatic carbocycles. The van der Waals surface area contributed by atoms with Crippen molar-refractivity contribution >= 4 is 5.97 Å². The summed E-state index contributed by atoms with van der Waals surface area (Å²) in [7, 11) is 2.48. The Labute approximate surface area is 75.0 Å². The highest BCUT2D eigenvalue weighted by Crippen LogP contribution is 2.22. The van der Waals surface area contributed by atoms with Crippen LogP contribution in [0.5, 0.6) is 0 Å². The fourth-order valence-corrected chi connectivity index (χ4v) is 1.15. The lowest BCUT2D eigenvalue weighted by atomic mass is 10.1. The van der Waals surface area contributed by atoms with Crippen LogP contribution < -0.4 is 0 Å². The molecule has 0 radical (unpaired) electrons. The number of carbonyl (C=O) groups excluding carboxylic acids is 1. The highest BCUT2D eigenvalue weighted by Gasteiger charge is 2.47. The molecule has 1 saturated heterocycles. The molecule has 1 fully saturated rings. The maximum Gasteiger partial charge on any atom is 0.337 e. The molecule has 0 amide bonds. The summed E-state index contributed by atoms with van der Waals surface area (Å²) in [6.07, 6.45) is -4.70. The minimum Gasteiger partial charge on any atom is -0.467 e. The molecule has 76 valence electrons. The van der Waals surface area contributed by atoms with Crippen LogP contribution in [-0.2, 0) is 19.0 Å². The first-order valence-corrected chi connectivity index (χ1v) is 3.74. The van der Waals surface area contributed by atoms with Gasteiger partial charge in [-0.25, -0.2) is 4.79 Å². The average Bonchev–Trinajstić information content (AvgIpc) is 2.43. The summed E-state index contributed by atoms with van der Waals surface area (Å²) in [5, 5.41) is 18.6. The van der Waals surface area contributed by atoms with E-state index in [-0.39, 0.29) is 0 Å². The van der Waals surface area contributed by atoms with Crippen LogP contribution in [0.3, 0.4) is 0 Å². The van der Waals surface area contributed by atoms with Crippen LogP contribution in [0.1, 0.15) is 0 Å². The van der Waals surface area contributed by atoms with Crippen molar-refractivity contribution in [1.29, 1.82) is 0 Å². The third-order valence-corrected chi connectivity index (χ3v) is 1.89. The minimum atomic E-state index is -1.31. The van der Waals surface area contributed by atoms with E-state index in [1.165, 1.54) is 14.2 Å². The number of hydrogen-bond donors (Lipinski definition) is 2. The van der Waals surface area contributed by atoms with Crippen molar-refractivity contribution in [2.45, 2.75) is 24.6 Å². The third kappa shape index (κ3) is 1.80. The summed E-state index contributed by atoms with van der Waals surface area (Å²) in [5.74, 6) is -0.730. The van der Waals surface area contributed by atoms with Gasteiger partial charge in [0.2, 0.25) is 0 Å². The third-order valence-electron chi connectivity index (χ3n) is 1.89. The van der Waals surface area contributed by atoms with Gasteiger partial charge < -0.3 is 24.4 Å². The quantitative estimate of drug-likeness (QED) is 0.505. The fourth-order valence-electron chi connectivity index (χ4n) is 1.15. The van der Waals surface area contributed by atoms with Gasteiger partial charge in [0.05, 0.1) is 7.11 Å². The number of esters is 1. The largest absolute Gasteiger partial charge is 0.467 e. The molecule has 0 unspecified atom stereocenters. The van der Waals surface area contributed by atoms with E-state index in [9.17, 15) is 15.0 Å². The van der Waals surface area contributed by atoms with E-state index >= 15 is 0 Å². The van der Waals surface area contributed by atoms with Crippen LogP contribution in [0.25, 0.3) is 0 Å². The molecule has 2 N–H and O–H groups in total. The monoisotopic (exact) mass is 192 g/mol. The number of aliphatic hydroxyl groups excluding tert-OH is 2. The molecule has 13 heavy (non-hydrogen) atoms. The van der Waals surface area contributed by atoms with Gasteiger partial charge >= 0.3 is 5.97 Å². The molecular formula is C7H12O6. The normalized spacial score (nSPS) is 39.1. The molecule has 6 nitrogen and oxygen atoms in total. The average molecular weight is 192 g/mol. The standard InChI is InChI=1S/C7H12O6/c1-11-6(10)5-3(8)4(9)7(12-2)13-5/h3-5,7-9H,1-2H3/t3-,4-,5+,7-/m1/s1. The second-order valence-corrected chi connectivity index (χ2v) is 2.67. The van der Waals surface area contributed by atoms with Crippen LogP contribution in [0, 0.1) is 0 Å².